The quantitative estimate of drug-likeness (QED) is 0.495. The Labute approximate surface area is 151 Å². The van der Waals surface area contributed by atoms with E-state index in [1.54, 1.807) is 18.9 Å². The molecular formula is C19H21N3O2S. The van der Waals surface area contributed by atoms with Gasteiger partial charge >= 0.3 is 0 Å². The van der Waals surface area contributed by atoms with Crippen LogP contribution in [0.25, 0.3) is 10.9 Å². The SMILES string of the molecule is CCSc1nc(NCC(O)c2ccccc2)c2cc(OC)ccc2n1. The average molecular weight is 355 g/mol. The minimum Gasteiger partial charge on any atom is -0.497 e. The number of nitrogens with one attached hydrogen (secondary N) is 1. The predicted octanol–water partition coefficient (Wildman–Crippen LogP) is 3.90. The Morgan fingerprint density at radius 3 is 2.68 bits per heavy atom. The number of anilines is 1. The Balaban J connectivity index is 1.89. The summed E-state index contributed by atoms with van der Waals surface area (Å²) in [6.07, 6.45) is -0.612. The van der Waals surface area contributed by atoms with E-state index >= 15 is 0 Å². The second kappa shape index (κ2) is 8.18. The van der Waals surface area contributed by atoms with E-state index in [1.165, 1.54) is 0 Å². The fraction of sp³-hybridized carbons (Fsp3) is 0.263. The minimum atomic E-state index is -0.612. The van der Waals surface area contributed by atoms with Gasteiger partial charge in [-0.2, -0.15) is 0 Å². The van der Waals surface area contributed by atoms with Crippen molar-refractivity contribution < 1.29 is 9.84 Å². The molecule has 0 aliphatic carbocycles. The number of fused-ring (bicyclic) bond motifs is 1. The third kappa shape index (κ3) is 4.21. The second-order valence-electron chi connectivity index (χ2n) is 5.48. The van der Waals surface area contributed by atoms with E-state index in [4.69, 9.17) is 4.74 Å². The van der Waals surface area contributed by atoms with E-state index in [2.05, 4.69) is 22.2 Å². The van der Waals surface area contributed by atoms with Crippen LogP contribution in [-0.2, 0) is 0 Å². The van der Waals surface area contributed by atoms with Gasteiger partial charge in [0, 0.05) is 11.9 Å². The topological polar surface area (TPSA) is 67.3 Å². The monoisotopic (exact) mass is 355 g/mol. The number of thioether (sulfide) groups is 1. The number of hydrogen-bond acceptors (Lipinski definition) is 6. The van der Waals surface area contributed by atoms with E-state index < -0.39 is 6.10 Å². The van der Waals surface area contributed by atoms with Gasteiger partial charge in [-0.15, -0.1) is 0 Å². The zero-order valence-electron chi connectivity index (χ0n) is 14.3. The maximum absolute atomic E-state index is 10.4. The lowest BCUT2D eigenvalue weighted by molar-refractivity contribution is 0.191. The van der Waals surface area contributed by atoms with Crippen molar-refractivity contribution in [1.82, 2.24) is 9.97 Å². The lowest BCUT2D eigenvalue weighted by Gasteiger charge is -2.15. The van der Waals surface area contributed by atoms with Crippen molar-refractivity contribution in [1.29, 1.82) is 0 Å². The summed E-state index contributed by atoms with van der Waals surface area (Å²) in [6, 6.07) is 15.3. The zero-order chi connectivity index (χ0) is 17.6. The standard InChI is InChI=1S/C19H21N3O2S/c1-3-25-19-21-16-10-9-14(24-2)11-15(16)18(22-19)20-12-17(23)13-7-5-4-6-8-13/h4-11,17,23H,3,12H2,1-2H3,(H,20,21,22). The molecule has 6 heteroatoms. The minimum absolute atomic E-state index is 0.365. The summed E-state index contributed by atoms with van der Waals surface area (Å²) < 4.78 is 5.31. The van der Waals surface area contributed by atoms with Crippen molar-refractivity contribution in [2.24, 2.45) is 0 Å². The van der Waals surface area contributed by atoms with Crippen LogP contribution in [0, 0.1) is 0 Å². The Morgan fingerprint density at radius 1 is 1.16 bits per heavy atom. The molecule has 1 aromatic heterocycles. The third-order valence-corrected chi connectivity index (χ3v) is 4.53. The van der Waals surface area contributed by atoms with Crippen LogP contribution in [0.15, 0.2) is 53.7 Å². The largest absolute Gasteiger partial charge is 0.497 e. The molecule has 0 amide bonds. The van der Waals surface area contributed by atoms with Crippen LogP contribution in [0.4, 0.5) is 5.82 Å². The Morgan fingerprint density at radius 2 is 1.96 bits per heavy atom. The summed E-state index contributed by atoms with van der Waals surface area (Å²) in [5.74, 6) is 2.35. The Bertz CT molecular complexity index is 843. The molecule has 130 valence electrons. The van der Waals surface area contributed by atoms with Crippen molar-refractivity contribution in [2.75, 3.05) is 24.7 Å². The second-order valence-corrected chi connectivity index (χ2v) is 6.71. The van der Waals surface area contributed by atoms with Gasteiger partial charge in [0.15, 0.2) is 5.16 Å². The molecule has 0 saturated carbocycles. The predicted molar refractivity (Wildman–Crippen MR) is 102 cm³/mol. The Kier molecular flexibility index (Phi) is 5.73. The molecule has 3 aromatic rings. The summed E-state index contributed by atoms with van der Waals surface area (Å²) in [5, 5.41) is 15.3. The summed E-state index contributed by atoms with van der Waals surface area (Å²) in [7, 11) is 1.63. The molecule has 1 heterocycles. The Hall–Kier alpha value is -2.31. The highest BCUT2D eigenvalue weighted by molar-refractivity contribution is 7.99. The fourth-order valence-corrected chi connectivity index (χ4v) is 3.10. The first-order chi connectivity index (χ1) is 12.2. The third-order valence-electron chi connectivity index (χ3n) is 3.80. The molecule has 0 bridgehead atoms. The van der Waals surface area contributed by atoms with Gasteiger partial charge < -0.3 is 15.2 Å². The molecule has 2 aromatic carbocycles. The number of ether oxygens (including phenoxy) is 1. The smallest absolute Gasteiger partial charge is 0.190 e. The first-order valence-electron chi connectivity index (χ1n) is 8.16. The van der Waals surface area contributed by atoms with Crippen molar-refractivity contribution in [3.63, 3.8) is 0 Å². The zero-order valence-corrected chi connectivity index (χ0v) is 15.1. The van der Waals surface area contributed by atoms with Crippen LogP contribution < -0.4 is 10.1 Å². The maximum Gasteiger partial charge on any atom is 0.190 e. The maximum atomic E-state index is 10.4. The first-order valence-corrected chi connectivity index (χ1v) is 9.15. The van der Waals surface area contributed by atoms with Crippen molar-refractivity contribution >= 4 is 28.5 Å². The molecule has 0 spiro atoms. The molecule has 25 heavy (non-hydrogen) atoms. The highest BCUT2D eigenvalue weighted by Gasteiger charge is 2.12. The number of rotatable bonds is 7. The summed E-state index contributed by atoms with van der Waals surface area (Å²) >= 11 is 1.59. The van der Waals surface area contributed by atoms with Gasteiger partial charge in [0.25, 0.3) is 0 Å². The molecule has 0 saturated heterocycles. The van der Waals surface area contributed by atoms with Crippen LogP contribution in [0.1, 0.15) is 18.6 Å². The molecule has 1 unspecified atom stereocenters. The number of aliphatic hydroxyl groups is 1. The van der Waals surface area contributed by atoms with E-state index in [1.807, 2.05) is 48.5 Å². The average Bonchev–Trinajstić information content (AvgIpc) is 2.66. The lowest BCUT2D eigenvalue weighted by Crippen LogP contribution is -2.13. The molecule has 0 fully saturated rings. The highest BCUT2D eigenvalue weighted by atomic mass is 32.2. The first kappa shape index (κ1) is 17.5. The van der Waals surface area contributed by atoms with Gasteiger partial charge in [-0.3, -0.25) is 0 Å². The molecule has 0 aliphatic rings. The molecule has 0 radical (unpaired) electrons. The van der Waals surface area contributed by atoms with Gasteiger partial charge in [-0.25, -0.2) is 9.97 Å². The summed E-state index contributed by atoms with van der Waals surface area (Å²) in [6.45, 7) is 2.43. The van der Waals surface area contributed by atoms with E-state index in [0.29, 0.717) is 12.4 Å². The summed E-state index contributed by atoms with van der Waals surface area (Å²) in [5.41, 5.74) is 1.72. The number of nitrogens with zero attached hydrogens (tertiary/aromatic N) is 2. The van der Waals surface area contributed by atoms with E-state index in [0.717, 1.165) is 33.1 Å². The molecule has 3 rings (SSSR count). The van der Waals surface area contributed by atoms with Crippen molar-refractivity contribution in [2.45, 2.75) is 18.2 Å². The van der Waals surface area contributed by atoms with Crippen LogP contribution in [0.2, 0.25) is 0 Å². The van der Waals surface area contributed by atoms with Crippen molar-refractivity contribution in [3.8, 4) is 5.75 Å². The van der Waals surface area contributed by atoms with Gasteiger partial charge in [0.05, 0.1) is 18.7 Å². The molecule has 2 N–H and O–H groups in total. The highest BCUT2D eigenvalue weighted by Crippen LogP contribution is 2.28. The number of methoxy groups -OCH3 is 1. The normalized spacial score (nSPS) is 12.1. The fourth-order valence-electron chi connectivity index (χ4n) is 2.53. The van der Waals surface area contributed by atoms with Crippen LogP contribution in [0.3, 0.4) is 0 Å². The number of aliphatic hydroxyl groups excluding tert-OH is 1. The number of hydrogen-bond donors (Lipinski definition) is 2. The van der Waals surface area contributed by atoms with Gasteiger partial charge in [-0.1, -0.05) is 49.0 Å². The van der Waals surface area contributed by atoms with Crippen LogP contribution in [0.5, 0.6) is 5.75 Å². The number of aromatic nitrogens is 2. The lowest BCUT2D eigenvalue weighted by atomic mass is 10.1. The van der Waals surface area contributed by atoms with Crippen LogP contribution >= 0.6 is 11.8 Å². The molecule has 1 atom stereocenters. The summed E-state index contributed by atoms with van der Waals surface area (Å²) in [4.78, 5) is 9.19. The van der Waals surface area contributed by atoms with E-state index in [9.17, 15) is 5.11 Å². The molecule has 0 aliphatic heterocycles. The van der Waals surface area contributed by atoms with Crippen LogP contribution in [-0.4, -0.2) is 34.5 Å². The molecule has 5 nitrogen and oxygen atoms in total. The van der Waals surface area contributed by atoms with Crippen molar-refractivity contribution in [3.05, 3.63) is 54.1 Å². The molecular weight excluding hydrogens is 334 g/mol. The van der Waals surface area contributed by atoms with E-state index in [-0.39, 0.29) is 0 Å². The number of benzene rings is 2. The van der Waals surface area contributed by atoms with Gasteiger partial charge in [0.2, 0.25) is 0 Å². The van der Waals surface area contributed by atoms with Gasteiger partial charge in [0.1, 0.15) is 11.6 Å². The van der Waals surface area contributed by atoms with Gasteiger partial charge in [-0.05, 0) is 29.5 Å².